The smallest absolute Gasteiger partial charge is 0.234 e. The summed E-state index contributed by atoms with van der Waals surface area (Å²) in [5.74, 6) is 0.475. The molecule has 2 atom stereocenters. The summed E-state index contributed by atoms with van der Waals surface area (Å²) in [6.07, 6.45) is 2.88. The number of nitrogens with two attached hydrogens (primary N) is 1. The van der Waals surface area contributed by atoms with Crippen molar-refractivity contribution < 1.29 is 14.6 Å². The summed E-state index contributed by atoms with van der Waals surface area (Å²) in [6.45, 7) is 1.89. The number of ether oxygens (including phenoxy) is 1. The van der Waals surface area contributed by atoms with Crippen molar-refractivity contribution in [2.45, 2.75) is 31.6 Å². The molecule has 1 aliphatic rings. The van der Waals surface area contributed by atoms with Gasteiger partial charge in [-0.15, -0.1) is 0 Å². The van der Waals surface area contributed by atoms with E-state index in [-0.39, 0.29) is 11.9 Å². The Kier molecular flexibility index (Phi) is 6.26. The first-order valence-corrected chi connectivity index (χ1v) is 8.95. The molecule has 0 spiro atoms. The average molecular weight is 353 g/mol. The molecule has 0 bridgehead atoms. The molecule has 2 unspecified atom stereocenters. The first-order valence-electron chi connectivity index (χ1n) is 8.95. The van der Waals surface area contributed by atoms with Crippen LogP contribution in [0.25, 0.3) is 0 Å². The molecule has 2 aromatic rings. The number of nitrogens with zero attached hydrogens (tertiary/aromatic N) is 1. The second-order valence-electron chi connectivity index (χ2n) is 6.58. The molecule has 0 aliphatic carbocycles. The number of carbonyl (C=O) groups is 1. The van der Waals surface area contributed by atoms with Gasteiger partial charge >= 0.3 is 0 Å². The molecule has 1 amide bonds. The van der Waals surface area contributed by atoms with Crippen molar-refractivity contribution in [3.8, 4) is 5.75 Å². The molecule has 137 valence electrons. The van der Waals surface area contributed by atoms with Gasteiger partial charge in [0.1, 0.15) is 12.4 Å². The van der Waals surface area contributed by atoms with E-state index in [1.807, 2.05) is 59.5 Å². The van der Waals surface area contributed by atoms with E-state index in [0.29, 0.717) is 13.2 Å². The second-order valence-corrected chi connectivity index (χ2v) is 6.58. The van der Waals surface area contributed by atoms with Crippen LogP contribution in [0.3, 0.4) is 0 Å². The molecule has 3 N–H and O–H groups in total. The summed E-state index contributed by atoms with van der Waals surface area (Å²) in [4.78, 5) is 13.4. The topological polar surface area (TPSA) is 75.8 Å². The van der Waals surface area contributed by atoms with Gasteiger partial charge in [-0.2, -0.15) is 0 Å². The van der Waals surface area contributed by atoms with E-state index in [9.17, 15) is 9.90 Å². The van der Waals surface area contributed by atoms with Crippen molar-refractivity contribution in [3.63, 3.8) is 0 Å². The van der Waals surface area contributed by atoms with Gasteiger partial charge in [0.15, 0.2) is 0 Å². The first-order chi connectivity index (χ1) is 12.6. The van der Waals surface area contributed by atoms with E-state index in [0.717, 1.165) is 36.3 Å². The minimum absolute atomic E-state index is 0.216. The van der Waals surface area contributed by atoms with Crippen molar-refractivity contribution in [1.29, 1.82) is 0 Å². The van der Waals surface area contributed by atoms with E-state index in [4.69, 9.17) is 10.5 Å². The molecule has 1 heterocycles. The zero-order chi connectivity index (χ0) is 18.4. The van der Waals surface area contributed by atoms with Gasteiger partial charge in [0.2, 0.25) is 5.91 Å². The molecule has 0 aromatic heterocycles. The highest BCUT2D eigenvalue weighted by Crippen LogP contribution is 2.23. The fourth-order valence-corrected chi connectivity index (χ4v) is 3.24. The quantitative estimate of drug-likeness (QED) is 0.764. The van der Waals surface area contributed by atoms with Crippen molar-refractivity contribution in [1.82, 2.24) is 4.90 Å². The number of primary amides is 1. The lowest BCUT2D eigenvalue weighted by atomic mass is 10.1. The summed E-state index contributed by atoms with van der Waals surface area (Å²) in [6, 6.07) is 17.2. The maximum atomic E-state index is 11.4. The van der Waals surface area contributed by atoms with Crippen molar-refractivity contribution in [2.75, 3.05) is 13.1 Å². The molecule has 1 aliphatic heterocycles. The molecule has 2 aromatic carbocycles. The normalized spacial score (nSPS) is 18.6. The molecule has 5 heteroatoms. The van der Waals surface area contributed by atoms with Crippen LogP contribution in [0.2, 0.25) is 0 Å². The number of likely N-dealkylation sites (tertiary alicyclic amines) is 1. The third-order valence-corrected chi connectivity index (χ3v) is 4.73. The minimum atomic E-state index is -0.688. The SMILES string of the molecule is NC(=O)C1CCCN1C[CH]C(O)c1ccc(OCc2ccccc2)cc1. The van der Waals surface area contributed by atoms with Crippen LogP contribution in [-0.4, -0.2) is 35.0 Å². The fourth-order valence-electron chi connectivity index (χ4n) is 3.24. The maximum Gasteiger partial charge on any atom is 0.234 e. The number of hydrogen-bond donors (Lipinski definition) is 2. The van der Waals surface area contributed by atoms with E-state index < -0.39 is 6.10 Å². The highest BCUT2D eigenvalue weighted by molar-refractivity contribution is 5.80. The Hall–Kier alpha value is -2.37. The maximum absolute atomic E-state index is 11.4. The molecule has 1 radical (unpaired) electrons. The number of rotatable bonds is 8. The van der Waals surface area contributed by atoms with Gasteiger partial charge in [-0.25, -0.2) is 0 Å². The molecule has 26 heavy (non-hydrogen) atoms. The average Bonchev–Trinajstić information content (AvgIpc) is 3.15. The summed E-state index contributed by atoms with van der Waals surface area (Å²) >= 11 is 0. The van der Waals surface area contributed by atoms with Gasteiger partial charge < -0.3 is 15.6 Å². The van der Waals surface area contributed by atoms with Gasteiger partial charge in [0, 0.05) is 13.0 Å². The zero-order valence-corrected chi connectivity index (χ0v) is 14.8. The Bertz CT molecular complexity index is 703. The monoisotopic (exact) mass is 353 g/mol. The van der Waals surface area contributed by atoms with Gasteiger partial charge in [-0.3, -0.25) is 9.69 Å². The number of benzene rings is 2. The molecule has 5 nitrogen and oxygen atoms in total. The third kappa shape index (κ3) is 4.84. The molecule has 1 saturated heterocycles. The molecular weight excluding hydrogens is 328 g/mol. The van der Waals surface area contributed by atoms with Crippen LogP contribution < -0.4 is 10.5 Å². The number of aliphatic hydroxyl groups is 1. The number of carbonyl (C=O) groups excluding carboxylic acids is 1. The van der Waals surface area contributed by atoms with Gasteiger partial charge in [0.25, 0.3) is 0 Å². The lowest BCUT2D eigenvalue weighted by Gasteiger charge is -2.23. The fraction of sp³-hybridized carbons (Fsp3) is 0.333. The van der Waals surface area contributed by atoms with Gasteiger partial charge in [0.05, 0.1) is 12.1 Å². The Morgan fingerprint density at radius 2 is 1.96 bits per heavy atom. The lowest BCUT2D eigenvalue weighted by Crippen LogP contribution is -2.41. The van der Waals surface area contributed by atoms with E-state index in [1.165, 1.54) is 0 Å². The van der Waals surface area contributed by atoms with Crippen LogP contribution in [0, 0.1) is 6.42 Å². The van der Waals surface area contributed by atoms with Crippen LogP contribution >= 0.6 is 0 Å². The zero-order valence-electron chi connectivity index (χ0n) is 14.8. The third-order valence-electron chi connectivity index (χ3n) is 4.73. The number of aliphatic hydroxyl groups excluding tert-OH is 1. The summed E-state index contributed by atoms with van der Waals surface area (Å²) < 4.78 is 5.76. The van der Waals surface area contributed by atoms with E-state index in [2.05, 4.69) is 0 Å². The van der Waals surface area contributed by atoms with Crippen LogP contribution in [-0.2, 0) is 11.4 Å². The molecular formula is C21H25N2O3. The standard InChI is InChI=1S/C21H25N2O3/c22-21(25)19-7-4-13-23(19)14-12-20(24)17-8-10-18(11-9-17)26-15-16-5-2-1-3-6-16/h1-3,5-6,8-12,19-20,24H,4,7,13-15H2,(H2,22,25). The highest BCUT2D eigenvalue weighted by atomic mass is 16.5. The Morgan fingerprint density at radius 3 is 2.65 bits per heavy atom. The largest absolute Gasteiger partial charge is 0.489 e. The Labute approximate surface area is 154 Å². The number of hydrogen-bond acceptors (Lipinski definition) is 4. The predicted octanol–water partition coefficient (Wildman–Crippen LogP) is 2.45. The van der Waals surface area contributed by atoms with Crippen molar-refractivity contribution in [2.24, 2.45) is 5.73 Å². The van der Waals surface area contributed by atoms with Crippen LogP contribution in [0.15, 0.2) is 54.6 Å². The molecule has 0 saturated carbocycles. The Morgan fingerprint density at radius 1 is 1.23 bits per heavy atom. The van der Waals surface area contributed by atoms with E-state index >= 15 is 0 Å². The van der Waals surface area contributed by atoms with Gasteiger partial charge in [-0.05, 0) is 42.6 Å². The second kappa shape index (κ2) is 8.83. The highest BCUT2D eigenvalue weighted by Gasteiger charge is 2.29. The van der Waals surface area contributed by atoms with E-state index in [1.54, 1.807) is 6.42 Å². The van der Waals surface area contributed by atoms with Crippen LogP contribution in [0.5, 0.6) is 5.75 Å². The van der Waals surface area contributed by atoms with Crippen molar-refractivity contribution >= 4 is 5.91 Å². The first kappa shape index (κ1) is 18.4. The number of amides is 1. The van der Waals surface area contributed by atoms with Crippen LogP contribution in [0.1, 0.15) is 30.1 Å². The Balaban J connectivity index is 1.49. The predicted molar refractivity (Wildman–Crippen MR) is 100 cm³/mol. The lowest BCUT2D eigenvalue weighted by molar-refractivity contribution is -0.122. The van der Waals surface area contributed by atoms with Gasteiger partial charge in [-0.1, -0.05) is 42.5 Å². The summed E-state index contributed by atoms with van der Waals surface area (Å²) in [5, 5.41) is 10.4. The van der Waals surface area contributed by atoms with Crippen molar-refractivity contribution in [3.05, 3.63) is 72.1 Å². The van der Waals surface area contributed by atoms with Crippen LogP contribution in [0.4, 0.5) is 0 Å². The summed E-state index contributed by atoms with van der Waals surface area (Å²) in [7, 11) is 0. The molecule has 3 rings (SSSR count). The summed E-state index contributed by atoms with van der Waals surface area (Å²) in [5.41, 5.74) is 7.33. The molecule has 1 fully saturated rings. The minimum Gasteiger partial charge on any atom is -0.489 e.